The maximum absolute atomic E-state index is 12.1. The van der Waals surface area contributed by atoms with Crippen molar-refractivity contribution in [3.05, 3.63) is 22.7 Å². The van der Waals surface area contributed by atoms with Gasteiger partial charge in [0.15, 0.2) is 0 Å². The number of halogens is 4. The number of benzene rings is 1. The summed E-state index contributed by atoms with van der Waals surface area (Å²) in [5, 5.41) is 0. The molecule has 0 fully saturated rings. The van der Waals surface area contributed by atoms with Crippen molar-refractivity contribution in [1.82, 2.24) is 0 Å². The molecule has 0 aliphatic rings. The lowest BCUT2D eigenvalue weighted by Gasteiger charge is -2.16. The van der Waals surface area contributed by atoms with Gasteiger partial charge in [-0.3, -0.25) is 0 Å². The zero-order chi connectivity index (χ0) is 15.2. The first-order valence-corrected chi connectivity index (χ1v) is 7.57. The Kier molecular flexibility index (Phi) is 7.02. The molecule has 0 N–H and O–H groups in total. The molecule has 0 saturated heterocycles. The van der Waals surface area contributed by atoms with Gasteiger partial charge < -0.3 is 9.47 Å². The first-order valence-electron chi connectivity index (χ1n) is 6.14. The van der Waals surface area contributed by atoms with Crippen LogP contribution in [0.4, 0.5) is 13.2 Å². The summed E-state index contributed by atoms with van der Waals surface area (Å²) >= 11 is 7.28. The molecular formula is C13H16BrF3O2S. The Balaban J connectivity index is 2.63. The monoisotopic (exact) mass is 372 g/mol. The fraction of sp³-hybridized carbons (Fsp3) is 0.538. The Bertz CT molecular complexity index is 427. The Labute approximate surface area is 130 Å². The van der Waals surface area contributed by atoms with Gasteiger partial charge in [-0.2, -0.15) is 12.6 Å². The average molecular weight is 373 g/mol. The summed E-state index contributed by atoms with van der Waals surface area (Å²) in [5.74, 6) is 1.25. The van der Waals surface area contributed by atoms with Crippen LogP contribution in [0.1, 0.15) is 19.8 Å². The van der Waals surface area contributed by atoms with Crippen molar-refractivity contribution in [2.45, 2.75) is 26.1 Å². The van der Waals surface area contributed by atoms with Crippen molar-refractivity contribution in [1.29, 1.82) is 0 Å². The predicted octanol–water partition coefficient (Wildman–Crippen LogP) is 5.07. The fourth-order valence-corrected chi connectivity index (χ4v) is 2.36. The Morgan fingerprint density at radius 1 is 1.35 bits per heavy atom. The largest absolute Gasteiger partial charge is 0.573 e. The molecule has 1 atom stereocenters. The summed E-state index contributed by atoms with van der Waals surface area (Å²) in [6, 6.07) is 4.14. The van der Waals surface area contributed by atoms with Crippen LogP contribution in [0.25, 0.3) is 0 Å². The highest BCUT2D eigenvalue weighted by Crippen LogP contribution is 2.33. The molecule has 20 heavy (non-hydrogen) atoms. The molecule has 0 aliphatic heterocycles. The van der Waals surface area contributed by atoms with Crippen molar-refractivity contribution < 1.29 is 22.6 Å². The second-order valence-electron chi connectivity index (χ2n) is 4.29. The van der Waals surface area contributed by atoms with E-state index in [9.17, 15) is 13.2 Å². The fourth-order valence-electron chi connectivity index (χ4n) is 1.63. The molecule has 0 spiro atoms. The minimum absolute atomic E-state index is 0.199. The summed E-state index contributed by atoms with van der Waals surface area (Å²) in [6.07, 6.45) is -2.67. The van der Waals surface area contributed by atoms with Gasteiger partial charge in [0.25, 0.3) is 0 Å². The molecule has 1 aromatic rings. The first kappa shape index (κ1) is 17.5. The molecule has 0 amide bonds. The summed E-state index contributed by atoms with van der Waals surface area (Å²) in [5.41, 5.74) is 0. The lowest BCUT2D eigenvalue weighted by Crippen LogP contribution is -2.17. The molecule has 0 bridgehead atoms. The molecule has 0 aliphatic carbocycles. The van der Waals surface area contributed by atoms with Crippen molar-refractivity contribution in [3.8, 4) is 11.5 Å². The number of hydrogen-bond acceptors (Lipinski definition) is 3. The van der Waals surface area contributed by atoms with Crippen LogP contribution in [0.2, 0.25) is 0 Å². The zero-order valence-electron chi connectivity index (χ0n) is 10.9. The lowest BCUT2D eigenvalue weighted by molar-refractivity contribution is -0.274. The molecule has 0 radical (unpaired) electrons. The molecule has 1 aromatic carbocycles. The van der Waals surface area contributed by atoms with E-state index >= 15 is 0 Å². The van der Waals surface area contributed by atoms with Gasteiger partial charge in [-0.05, 0) is 46.3 Å². The van der Waals surface area contributed by atoms with Crippen LogP contribution in [0, 0.1) is 5.92 Å². The number of hydrogen-bond donors (Lipinski definition) is 1. The Morgan fingerprint density at radius 2 is 2.05 bits per heavy atom. The highest BCUT2D eigenvalue weighted by Gasteiger charge is 2.32. The number of ether oxygens (including phenoxy) is 2. The van der Waals surface area contributed by atoms with Crippen LogP contribution < -0.4 is 9.47 Å². The van der Waals surface area contributed by atoms with Crippen LogP contribution in [0.3, 0.4) is 0 Å². The standard InChI is InChI=1S/C13H16BrF3O2S/c1-2-3-9(8-20)7-18-10-4-5-12(11(14)6-10)19-13(15,16)17/h4-6,9,20H,2-3,7-8H2,1H3. The van der Waals surface area contributed by atoms with E-state index in [1.165, 1.54) is 18.2 Å². The second kappa shape index (κ2) is 8.02. The van der Waals surface area contributed by atoms with Crippen molar-refractivity contribution >= 4 is 28.6 Å². The number of alkyl halides is 3. The smallest absolute Gasteiger partial charge is 0.493 e. The van der Waals surface area contributed by atoms with Gasteiger partial charge in [0.1, 0.15) is 11.5 Å². The zero-order valence-corrected chi connectivity index (χ0v) is 13.4. The van der Waals surface area contributed by atoms with Crippen LogP contribution in [0.5, 0.6) is 11.5 Å². The molecule has 0 saturated carbocycles. The SMILES string of the molecule is CCCC(CS)COc1ccc(OC(F)(F)F)c(Br)c1. The predicted molar refractivity (Wildman–Crippen MR) is 78.6 cm³/mol. The quantitative estimate of drug-likeness (QED) is 0.673. The van der Waals surface area contributed by atoms with Gasteiger partial charge >= 0.3 is 6.36 Å². The van der Waals surface area contributed by atoms with Gasteiger partial charge in [-0.1, -0.05) is 13.3 Å². The van der Waals surface area contributed by atoms with Gasteiger partial charge in [-0.25, -0.2) is 0 Å². The topological polar surface area (TPSA) is 18.5 Å². The van der Waals surface area contributed by atoms with Crippen molar-refractivity contribution in [3.63, 3.8) is 0 Å². The summed E-state index contributed by atoms with van der Waals surface area (Å²) in [7, 11) is 0. The second-order valence-corrected chi connectivity index (χ2v) is 5.51. The minimum Gasteiger partial charge on any atom is -0.493 e. The summed E-state index contributed by atoms with van der Waals surface area (Å²) in [4.78, 5) is 0. The van der Waals surface area contributed by atoms with Crippen molar-refractivity contribution in [2.75, 3.05) is 12.4 Å². The molecule has 1 rings (SSSR count). The number of rotatable bonds is 7. The average Bonchev–Trinajstić information content (AvgIpc) is 2.36. The van der Waals surface area contributed by atoms with Crippen molar-refractivity contribution in [2.24, 2.45) is 5.92 Å². The van der Waals surface area contributed by atoms with E-state index in [0.29, 0.717) is 24.0 Å². The van der Waals surface area contributed by atoms with Crippen LogP contribution >= 0.6 is 28.6 Å². The molecule has 0 heterocycles. The first-order chi connectivity index (χ1) is 9.35. The minimum atomic E-state index is -4.71. The molecule has 0 aromatic heterocycles. The van der Waals surface area contributed by atoms with E-state index in [0.717, 1.165) is 12.8 Å². The van der Waals surface area contributed by atoms with E-state index in [2.05, 4.69) is 40.2 Å². The number of thiol groups is 1. The third kappa shape index (κ3) is 6.26. The van der Waals surface area contributed by atoms with E-state index in [4.69, 9.17) is 4.74 Å². The Hall–Kier alpha value is -0.560. The molecule has 114 valence electrons. The van der Waals surface area contributed by atoms with Crippen LogP contribution in [-0.4, -0.2) is 18.7 Å². The summed E-state index contributed by atoms with van der Waals surface area (Å²) < 4.78 is 46.0. The van der Waals surface area contributed by atoms with Gasteiger partial charge in [0.05, 0.1) is 11.1 Å². The Morgan fingerprint density at radius 3 is 2.55 bits per heavy atom. The van der Waals surface area contributed by atoms with E-state index < -0.39 is 6.36 Å². The molecule has 1 unspecified atom stereocenters. The van der Waals surface area contributed by atoms with Crippen LogP contribution in [0.15, 0.2) is 22.7 Å². The third-order valence-corrected chi connectivity index (χ3v) is 3.71. The molecule has 7 heteroatoms. The van der Waals surface area contributed by atoms with Gasteiger partial charge in [-0.15, -0.1) is 13.2 Å². The van der Waals surface area contributed by atoms with E-state index in [1.54, 1.807) is 0 Å². The van der Waals surface area contributed by atoms with E-state index in [-0.39, 0.29) is 10.2 Å². The lowest BCUT2D eigenvalue weighted by atomic mass is 10.1. The normalized spacial score (nSPS) is 13.1. The molecule has 2 nitrogen and oxygen atoms in total. The maximum atomic E-state index is 12.1. The van der Waals surface area contributed by atoms with Gasteiger partial charge in [0.2, 0.25) is 0 Å². The molecular weight excluding hydrogens is 357 g/mol. The highest BCUT2D eigenvalue weighted by atomic mass is 79.9. The highest BCUT2D eigenvalue weighted by molar-refractivity contribution is 9.10. The summed E-state index contributed by atoms with van der Waals surface area (Å²) in [6.45, 7) is 2.57. The van der Waals surface area contributed by atoms with Crippen LogP contribution in [-0.2, 0) is 0 Å². The third-order valence-electron chi connectivity index (χ3n) is 2.57. The van der Waals surface area contributed by atoms with E-state index in [1.807, 2.05) is 0 Å². The van der Waals surface area contributed by atoms with Gasteiger partial charge in [0, 0.05) is 5.92 Å². The maximum Gasteiger partial charge on any atom is 0.573 e.